The van der Waals surface area contributed by atoms with Crippen LogP contribution in [0.3, 0.4) is 0 Å². The van der Waals surface area contributed by atoms with E-state index in [4.69, 9.17) is 10.8 Å². The molecule has 0 bridgehead atoms. The molecule has 5 heteroatoms. The van der Waals surface area contributed by atoms with Crippen molar-refractivity contribution in [3.63, 3.8) is 0 Å². The molecule has 0 heterocycles. The molecule has 0 fully saturated rings. The molecule has 0 aliphatic carbocycles. The van der Waals surface area contributed by atoms with Gasteiger partial charge < -0.3 is 10.8 Å². The first-order valence-electron chi connectivity index (χ1n) is 2.54. The summed E-state index contributed by atoms with van der Waals surface area (Å²) in [6.07, 6.45) is -0.481. The molecule has 0 aliphatic heterocycles. The first-order chi connectivity index (χ1) is 4.57. The summed E-state index contributed by atoms with van der Waals surface area (Å²) in [4.78, 5) is 29.9. The highest BCUT2D eigenvalue weighted by atomic mass is 16.4. The summed E-state index contributed by atoms with van der Waals surface area (Å²) < 4.78 is 0. The Morgan fingerprint density at radius 3 is 2.40 bits per heavy atom. The van der Waals surface area contributed by atoms with Gasteiger partial charge in [0.2, 0.25) is 5.78 Å². The minimum atomic E-state index is -1.20. The first kappa shape index (κ1) is 8.77. The highest BCUT2D eigenvalue weighted by molar-refractivity contribution is 6.27. The number of carboxylic acids is 1. The topological polar surface area (TPSA) is 97.5 Å². The third-order valence-electron chi connectivity index (χ3n) is 0.876. The van der Waals surface area contributed by atoms with Gasteiger partial charge in [-0.2, -0.15) is 0 Å². The zero-order chi connectivity index (χ0) is 8.15. The highest BCUT2D eigenvalue weighted by Crippen LogP contribution is 1.87. The maximum absolute atomic E-state index is 10.3. The molecular formula is C5H7NO4. The van der Waals surface area contributed by atoms with Crippen molar-refractivity contribution in [1.82, 2.24) is 0 Å². The molecule has 0 aliphatic rings. The predicted molar refractivity (Wildman–Crippen MR) is 31.3 cm³/mol. The van der Waals surface area contributed by atoms with Crippen LogP contribution in [0.4, 0.5) is 0 Å². The van der Waals surface area contributed by atoms with Crippen molar-refractivity contribution in [3.8, 4) is 0 Å². The van der Waals surface area contributed by atoms with E-state index in [-0.39, 0.29) is 6.29 Å². The molecule has 0 radical (unpaired) electrons. The number of carbonyl (C=O) groups excluding carboxylic acids is 2. The van der Waals surface area contributed by atoms with E-state index in [0.29, 0.717) is 0 Å². The van der Waals surface area contributed by atoms with E-state index in [2.05, 4.69) is 0 Å². The van der Waals surface area contributed by atoms with Crippen molar-refractivity contribution in [1.29, 1.82) is 0 Å². The summed E-state index contributed by atoms with van der Waals surface area (Å²) in [6.45, 7) is 0. The summed E-state index contributed by atoms with van der Waals surface area (Å²) in [6, 6.07) is -1.20. The van der Waals surface area contributed by atoms with Gasteiger partial charge in [-0.1, -0.05) is 0 Å². The van der Waals surface area contributed by atoms with Crippen LogP contribution in [0.25, 0.3) is 0 Å². The molecule has 1 atom stereocenters. The van der Waals surface area contributed by atoms with E-state index in [1.54, 1.807) is 0 Å². The SMILES string of the molecule is NC(CC(=O)O)C(=O)C=O. The normalized spacial score (nSPS) is 12.1. The van der Waals surface area contributed by atoms with E-state index in [1.165, 1.54) is 0 Å². The molecule has 0 amide bonds. The number of carboxylic acid groups (broad SMARTS) is 1. The van der Waals surface area contributed by atoms with E-state index in [9.17, 15) is 14.4 Å². The monoisotopic (exact) mass is 145 g/mol. The van der Waals surface area contributed by atoms with Gasteiger partial charge in [0.15, 0.2) is 6.29 Å². The van der Waals surface area contributed by atoms with Gasteiger partial charge in [-0.05, 0) is 0 Å². The van der Waals surface area contributed by atoms with Gasteiger partial charge in [-0.3, -0.25) is 14.4 Å². The molecule has 10 heavy (non-hydrogen) atoms. The molecule has 0 saturated carbocycles. The second-order valence-electron chi connectivity index (χ2n) is 1.72. The molecule has 1 unspecified atom stereocenters. The largest absolute Gasteiger partial charge is 0.481 e. The lowest BCUT2D eigenvalue weighted by atomic mass is 10.1. The second-order valence-corrected chi connectivity index (χ2v) is 1.72. The van der Waals surface area contributed by atoms with Crippen molar-refractivity contribution in [3.05, 3.63) is 0 Å². The van der Waals surface area contributed by atoms with Crippen LogP contribution in [0, 0.1) is 0 Å². The third-order valence-corrected chi connectivity index (χ3v) is 0.876. The molecule has 0 aromatic carbocycles. The fourth-order valence-electron chi connectivity index (χ4n) is 0.376. The lowest BCUT2D eigenvalue weighted by Gasteiger charge is -1.99. The lowest BCUT2D eigenvalue weighted by Crippen LogP contribution is -2.33. The molecule has 0 aromatic rings. The van der Waals surface area contributed by atoms with Gasteiger partial charge in [0.05, 0.1) is 12.5 Å². The summed E-state index contributed by atoms with van der Waals surface area (Å²) in [7, 11) is 0. The number of aldehydes is 1. The Balaban J connectivity index is 3.84. The number of aliphatic carboxylic acids is 1. The molecular weight excluding hydrogens is 138 g/mol. The van der Waals surface area contributed by atoms with E-state index in [0.717, 1.165) is 0 Å². The Morgan fingerprint density at radius 1 is 1.60 bits per heavy atom. The van der Waals surface area contributed by atoms with Crippen LogP contribution in [0.1, 0.15) is 6.42 Å². The van der Waals surface area contributed by atoms with Crippen LogP contribution >= 0.6 is 0 Å². The second kappa shape index (κ2) is 3.73. The van der Waals surface area contributed by atoms with Crippen molar-refractivity contribution >= 4 is 18.0 Å². The first-order valence-corrected chi connectivity index (χ1v) is 2.54. The number of rotatable bonds is 4. The molecule has 3 N–H and O–H groups in total. The number of ketones is 1. The molecule has 0 saturated heterocycles. The minimum Gasteiger partial charge on any atom is -0.481 e. The zero-order valence-corrected chi connectivity index (χ0v) is 5.11. The number of Topliss-reactive ketones (excluding diaryl/α,β-unsaturated/α-hetero) is 1. The third kappa shape index (κ3) is 2.93. The molecule has 0 aromatic heterocycles. The van der Waals surface area contributed by atoms with Gasteiger partial charge in [0.25, 0.3) is 0 Å². The van der Waals surface area contributed by atoms with Gasteiger partial charge in [0, 0.05) is 0 Å². The average Bonchev–Trinajstić information content (AvgIpc) is 1.85. The fourth-order valence-corrected chi connectivity index (χ4v) is 0.376. The van der Waals surface area contributed by atoms with Crippen LogP contribution in [0.15, 0.2) is 0 Å². The Kier molecular flexibility index (Phi) is 3.27. The molecule has 0 spiro atoms. The summed E-state index contributed by atoms with van der Waals surface area (Å²) in [5.41, 5.74) is 4.97. The van der Waals surface area contributed by atoms with Crippen LogP contribution in [0.2, 0.25) is 0 Å². The predicted octanol–water partition coefficient (Wildman–Crippen LogP) is -1.44. The van der Waals surface area contributed by atoms with Crippen molar-refractivity contribution < 1.29 is 19.5 Å². The average molecular weight is 145 g/mol. The summed E-state index contributed by atoms with van der Waals surface area (Å²) in [5, 5.41) is 8.08. The van der Waals surface area contributed by atoms with Crippen LogP contribution in [-0.2, 0) is 14.4 Å². The van der Waals surface area contributed by atoms with Crippen molar-refractivity contribution in [2.24, 2.45) is 5.73 Å². The van der Waals surface area contributed by atoms with Crippen molar-refractivity contribution in [2.75, 3.05) is 0 Å². The number of carbonyl (C=O) groups is 3. The maximum atomic E-state index is 10.3. The minimum absolute atomic E-state index is 0.0214. The van der Waals surface area contributed by atoms with E-state index < -0.39 is 24.2 Å². The zero-order valence-electron chi connectivity index (χ0n) is 5.11. The van der Waals surface area contributed by atoms with E-state index in [1.807, 2.05) is 0 Å². The Labute approximate surface area is 56.8 Å². The number of hydrogen-bond donors (Lipinski definition) is 2. The number of nitrogens with two attached hydrogens (primary N) is 1. The quantitative estimate of drug-likeness (QED) is 0.373. The standard InChI is InChI=1S/C5H7NO4/c6-3(1-5(9)10)4(8)2-7/h2-3H,1,6H2,(H,9,10). The summed E-state index contributed by atoms with van der Waals surface area (Å²) in [5.74, 6) is -2.08. The summed E-state index contributed by atoms with van der Waals surface area (Å²) >= 11 is 0. The van der Waals surface area contributed by atoms with Crippen LogP contribution < -0.4 is 5.73 Å². The van der Waals surface area contributed by atoms with Crippen LogP contribution in [0.5, 0.6) is 0 Å². The smallest absolute Gasteiger partial charge is 0.305 e. The lowest BCUT2D eigenvalue weighted by molar-refractivity contribution is -0.139. The Hall–Kier alpha value is -1.23. The molecule has 0 rings (SSSR count). The van der Waals surface area contributed by atoms with Gasteiger partial charge in [-0.15, -0.1) is 0 Å². The van der Waals surface area contributed by atoms with Crippen molar-refractivity contribution in [2.45, 2.75) is 12.5 Å². The highest BCUT2D eigenvalue weighted by Gasteiger charge is 2.15. The molecule has 5 nitrogen and oxygen atoms in total. The van der Waals surface area contributed by atoms with Gasteiger partial charge in [0.1, 0.15) is 0 Å². The Bertz CT molecular complexity index is 165. The van der Waals surface area contributed by atoms with Gasteiger partial charge >= 0.3 is 5.97 Å². The number of hydrogen-bond acceptors (Lipinski definition) is 4. The van der Waals surface area contributed by atoms with Crippen LogP contribution in [-0.4, -0.2) is 29.2 Å². The molecule has 56 valence electrons. The van der Waals surface area contributed by atoms with Gasteiger partial charge in [-0.25, -0.2) is 0 Å². The van der Waals surface area contributed by atoms with E-state index >= 15 is 0 Å². The fraction of sp³-hybridized carbons (Fsp3) is 0.400. The Morgan fingerprint density at radius 2 is 2.10 bits per heavy atom. The maximum Gasteiger partial charge on any atom is 0.305 e.